The maximum absolute atomic E-state index is 5.35. The van der Waals surface area contributed by atoms with Gasteiger partial charge in [0, 0.05) is 43.5 Å². The van der Waals surface area contributed by atoms with Crippen molar-refractivity contribution in [2.75, 3.05) is 25.5 Å². The number of hydrogen-bond acceptors (Lipinski definition) is 4. The van der Waals surface area contributed by atoms with Gasteiger partial charge in [-0.15, -0.1) is 0 Å². The predicted molar refractivity (Wildman–Crippen MR) is 72.2 cm³/mol. The second kappa shape index (κ2) is 7.69. The van der Waals surface area contributed by atoms with Crippen molar-refractivity contribution < 1.29 is 4.74 Å². The van der Waals surface area contributed by atoms with Crippen LogP contribution in [0.15, 0.2) is 24.4 Å². The van der Waals surface area contributed by atoms with E-state index in [-0.39, 0.29) is 0 Å². The highest BCUT2D eigenvalue weighted by atomic mass is 32.2. The van der Waals surface area contributed by atoms with Gasteiger partial charge in [0.15, 0.2) is 0 Å². The van der Waals surface area contributed by atoms with Crippen LogP contribution in [0.4, 0.5) is 0 Å². The number of nitrogens with zero attached hydrogens (tertiary/aromatic N) is 1. The van der Waals surface area contributed by atoms with Crippen molar-refractivity contribution in [3.8, 4) is 0 Å². The maximum Gasteiger partial charge on any atom is 0.0541 e. The van der Waals surface area contributed by atoms with Crippen LogP contribution >= 0.6 is 11.8 Å². The average Bonchev–Trinajstić information content (AvgIpc) is 2.41. The Labute approximate surface area is 107 Å². The Morgan fingerprint density at radius 1 is 1.35 bits per heavy atom. The summed E-state index contributed by atoms with van der Waals surface area (Å²) >= 11 is 2.07. The molecule has 1 aromatic rings. The first kappa shape index (κ1) is 12.9. The fraction of sp³-hybridized carbons (Fsp3) is 0.615. The standard InChI is InChI=1S/C13H20N2OS/c1-2-6-15-12(3-1)11-14-7-10-17-13-4-8-16-9-5-13/h1-3,6,13-14H,4-5,7-11H2. The summed E-state index contributed by atoms with van der Waals surface area (Å²) in [6, 6.07) is 6.03. The molecule has 0 amide bonds. The first-order valence-electron chi connectivity index (χ1n) is 6.25. The highest BCUT2D eigenvalue weighted by Gasteiger charge is 2.13. The molecular formula is C13H20N2OS. The van der Waals surface area contributed by atoms with Gasteiger partial charge in [-0.2, -0.15) is 11.8 Å². The van der Waals surface area contributed by atoms with Crippen LogP contribution in [-0.4, -0.2) is 35.7 Å². The molecule has 1 aliphatic rings. The second-order valence-corrected chi connectivity index (χ2v) is 5.59. The minimum absolute atomic E-state index is 0.806. The quantitative estimate of drug-likeness (QED) is 0.786. The van der Waals surface area contributed by atoms with E-state index in [2.05, 4.69) is 28.1 Å². The van der Waals surface area contributed by atoms with Gasteiger partial charge < -0.3 is 10.1 Å². The lowest BCUT2D eigenvalue weighted by Gasteiger charge is -2.21. The van der Waals surface area contributed by atoms with Gasteiger partial charge in [-0.05, 0) is 25.0 Å². The summed E-state index contributed by atoms with van der Waals surface area (Å²) in [6.45, 7) is 3.81. The monoisotopic (exact) mass is 252 g/mol. The molecule has 0 bridgehead atoms. The van der Waals surface area contributed by atoms with E-state index in [0.29, 0.717) is 0 Å². The van der Waals surface area contributed by atoms with E-state index < -0.39 is 0 Å². The Morgan fingerprint density at radius 2 is 2.24 bits per heavy atom. The molecule has 0 aliphatic carbocycles. The second-order valence-electron chi connectivity index (χ2n) is 4.18. The van der Waals surface area contributed by atoms with Crippen LogP contribution in [0.1, 0.15) is 18.5 Å². The SMILES string of the molecule is c1ccc(CNCCSC2CCOCC2)nc1. The summed E-state index contributed by atoms with van der Waals surface area (Å²) < 4.78 is 5.35. The molecule has 2 heterocycles. The van der Waals surface area contributed by atoms with E-state index >= 15 is 0 Å². The van der Waals surface area contributed by atoms with Crippen molar-refractivity contribution in [2.45, 2.75) is 24.6 Å². The van der Waals surface area contributed by atoms with Crippen LogP contribution in [-0.2, 0) is 11.3 Å². The Morgan fingerprint density at radius 3 is 3.00 bits per heavy atom. The van der Waals surface area contributed by atoms with Gasteiger partial charge in [0.05, 0.1) is 5.69 Å². The van der Waals surface area contributed by atoms with Crippen molar-refractivity contribution >= 4 is 11.8 Å². The van der Waals surface area contributed by atoms with E-state index in [9.17, 15) is 0 Å². The van der Waals surface area contributed by atoms with Gasteiger partial charge in [-0.1, -0.05) is 6.07 Å². The van der Waals surface area contributed by atoms with E-state index in [1.165, 1.54) is 18.6 Å². The zero-order chi connectivity index (χ0) is 11.8. The predicted octanol–water partition coefficient (Wildman–Crippen LogP) is 2.08. The van der Waals surface area contributed by atoms with Gasteiger partial charge >= 0.3 is 0 Å². The highest BCUT2D eigenvalue weighted by Crippen LogP contribution is 2.21. The summed E-state index contributed by atoms with van der Waals surface area (Å²) in [7, 11) is 0. The third-order valence-electron chi connectivity index (χ3n) is 2.83. The average molecular weight is 252 g/mol. The van der Waals surface area contributed by atoms with Crippen molar-refractivity contribution in [3.63, 3.8) is 0 Å². The number of ether oxygens (including phenoxy) is 1. The summed E-state index contributed by atoms with van der Waals surface area (Å²) in [4.78, 5) is 4.28. The van der Waals surface area contributed by atoms with E-state index in [4.69, 9.17) is 4.74 Å². The van der Waals surface area contributed by atoms with Crippen LogP contribution < -0.4 is 5.32 Å². The number of thioether (sulfide) groups is 1. The largest absolute Gasteiger partial charge is 0.381 e. The summed E-state index contributed by atoms with van der Waals surface area (Å²) in [5.74, 6) is 1.18. The van der Waals surface area contributed by atoms with Crippen LogP contribution in [0.2, 0.25) is 0 Å². The normalized spacial score (nSPS) is 17.2. The molecule has 0 saturated carbocycles. The Bertz CT molecular complexity index is 302. The van der Waals surface area contributed by atoms with Gasteiger partial charge in [0.25, 0.3) is 0 Å². The Hall–Kier alpha value is -0.580. The minimum atomic E-state index is 0.806. The zero-order valence-electron chi connectivity index (χ0n) is 10.1. The van der Waals surface area contributed by atoms with Crippen molar-refractivity contribution in [1.29, 1.82) is 0 Å². The Kier molecular flexibility index (Phi) is 5.82. The van der Waals surface area contributed by atoms with Crippen molar-refractivity contribution in [2.24, 2.45) is 0 Å². The van der Waals surface area contributed by atoms with Crippen LogP contribution in [0.25, 0.3) is 0 Å². The maximum atomic E-state index is 5.35. The highest BCUT2D eigenvalue weighted by molar-refractivity contribution is 7.99. The van der Waals surface area contributed by atoms with Crippen molar-refractivity contribution in [3.05, 3.63) is 30.1 Å². The van der Waals surface area contributed by atoms with E-state index in [1.807, 2.05) is 18.3 Å². The van der Waals surface area contributed by atoms with E-state index in [1.54, 1.807) is 0 Å². The third kappa shape index (κ3) is 5.06. The summed E-state index contributed by atoms with van der Waals surface area (Å²) in [6.07, 6.45) is 4.27. The molecule has 1 aromatic heterocycles. The summed E-state index contributed by atoms with van der Waals surface area (Å²) in [5, 5.41) is 4.23. The molecule has 94 valence electrons. The molecule has 1 fully saturated rings. The smallest absolute Gasteiger partial charge is 0.0541 e. The topological polar surface area (TPSA) is 34.1 Å². The molecule has 0 atom stereocenters. The Balaban J connectivity index is 1.51. The lowest BCUT2D eigenvalue weighted by atomic mass is 10.2. The fourth-order valence-corrected chi connectivity index (χ4v) is 2.98. The zero-order valence-corrected chi connectivity index (χ0v) is 10.9. The molecule has 17 heavy (non-hydrogen) atoms. The van der Waals surface area contributed by atoms with Crippen LogP contribution in [0.3, 0.4) is 0 Å². The summed E-state index contributed by atoms with van der Waals surface area (Å²) in [5.41, 5.74) is 1.11. The first-order chi connectivity index (χ1) is 8.45. The molecule has 0 radical (unpaired) electrons. The number of nitrogens with one attached hydrogen (secondary N) is 1. The number of pyridine rings is 1. The fourth-order valence-electron chi connectivity index (χ4n) is 1.86. The number of hydrogen-bond donors (Lipinski definition) is 1. The molecule has 3 nitrogen and oxygen atoms in total. The molecule has 0 spiro atoms. The van der Waals surface area contributed by atoms with Crippen LogP contribution in [0.5, 0.6) is 0 Å². The molecule has 0 aromatic carbocycles. The molecule has 4 heteroatoms. The first-order valence-corrected chi connectivity index (χ1v) is 7.30. The lowest BCUT2D eigenvalue weighted by molar-refractivity contribution is 0.100. The lowest BCUT2D eigenvalue weighted by Crippen LogP contribution is -2.21. The molecule has 0 unspecified atom stereocenters. The molecule has 1 N–H and O–H groups in total. The van der Waals surface area contributed by atoms with Crippen molar-refractivity contribution in [1.82, 2.24) is 10.3 Å². The van der Waals surface area contributed by atoms with E-state index in [0.717, 1.165) is 37.2 Å². The third-order valence-corrected chi connectivity index (χ3v) is 4.22. The molecule has 2 rings (SSSR count). The minimum Gasteiger partial charge on any atom is -0.381 e. The molecule has 1 aliphatic heterocycles. The van der Waals surface area contributed by atoms with Crippen LogP contribution in [0, 0.1) is 0 Å². The molecule has 1 saturated heterocycles. The molecular weight excluding hydrogens is 232 g/mol. The van der Waals surface area contributed by atoms with Gasteiger partial charge in [-0.3, -0.25) is 4.98 Å². The number of rotatable bonds is 6. The number of aromatic nitrogens is 1. The van der Waals surface area contributed by atoms with Gasteiger partial charge in [-0.25, -0.2) is 0 Å². The van der Waals surface area contributed by atoms with Gasteiger partial charge in [0.1, 0.15) is 0 Å². The van der Waals surface area contributed by atoms with Gasteiger partial charge in [0.2, 0.25) is 0 Å².